The Labute approximate surface area is 287 Å². The Kier molecular flexibility index (Phi) is 5.63. The first-order chi connectivity index (χ1) is 24.8. The van der Waals surface area contributed by atoms with Crippen LogP contribution in [-0.2, 0) is 0 Å². The van der Waals surface area contributed by atoms with Crippen LogP contribution < -0.4 is 0 Å². The highest BCUT2D eigenvalue weighted by atomic mass is 15.2. The molecule has 0 fully saturated rings. The Balaban J connectivity index is 1.16. The average molecular weight is 637 g/mol. The van der Waals surface area contributed by atoms with E-state index < -0.39 is 0 Å². The predicted octanol–water partition coefficient (Wildman–Crippen LogP) is 11.7. The summed E-state index contributed by atoms with van der Waals surface area (Å²) >= 11 is 0. The molecule has 0 aliphatic carbocycles. The van der Waals surface area contributed by atoms with Crippen molar-refractivity contribution in [2.75, 3.05) is 0 Å². The Hall–Kier alpha value is -6.78. The molecule has 3 heterocycles. The molecule has 0 saturated carbocycles. The van der Waals surface area contributed by atoms with Crippen LogP contribution in [0.25, 0.3) is 99.3 Å². The summed E-state index contributed by atoms with van der Waals surface area (Å²) in [6.45, 7) is 0. The van der Waals surface area contributed by atoms with Gasteiger partial charge in [-0.3, -0.25) is 4.57 Å². The molecule has 0 aliphatic heterocycles. The summed E-state index contributed by atoms with van der Waals surface area (Å²) in [6.07, 6.45) is 0. The van der Waals surface area contributed by atoms with Crippen molar-refractivity contribution < 1.29 is 0 Å². The highest BCUT2D eigenvalue weighted by Crippen LogP contribution is 2.43. The molecule has 0 aliphatic rings. The number of para-hydroxylation sites is 3. The fourth-order valence-corrected chi connectivity index (χ4v) is 8.13. The van der Waals surface area contributed by atoms with E-state index in [0.29, 0.717) is 5.95 Å². The van der Waals surface area contributed by atoms with Crippen LogP contribution in [-0.4, -0.2) is 19.1 Å². The molecule has 11 aromatic rings. The third-order valence-electron chi connectivity index (χ3n) is 10.3. The van der Waals surface area contributed by atoms with E-state index in [1.807, 2.05) is 12.1 Å². The second-order valence-corrected chi connectivity index (χ2v) is 13.0. The second-order valence-electron chi connectivity index (χ2n) is 13.0. The van der Waals surface area contributed by atoms with Crippen molar-refractivity contribution >= 4 is 65.3 Å². The Morgan fingerprint density at radius 1 is 0.380 bits per heavy atom. The zero-order valence-corrected chi connectivity index (χ0v) is 27.0. The lowest BCUT2D eigenvalue weighted by atomic mass is 9.94. The van der Waals surface area contributed by atoms with Gasteiger partial charge in [0, 0.05) is 38.2 Å². The molecule has 0 spiro atoms. The maximum absolute atomic E-state index is 5.26. The van der Waals surface area contributed by atoms with Crippen LogP contribution in [0.3, 0.4) is 0 Å². The number of fused-ring (bicyclic) bond motifs is 4. The van der Waals surface area contributed by atoms with Gasteiger partial charge >= 0.3 is 0 Å². The molecule has 0 bridgehead atoms. The van der Waals surface area contributed by atoms with Gasteiger partial charge in [0.25, 0.3) is 0 Å². The van der Waals surface area contributed by atoms with Crippen molar-refractivity contribution in [3.05, 3.63) is 170 Å². The minimum atomic E-state index is 0.669. The van der Waals surface area contributed by atoms with Gasteiger partial charge in [-0.05, 0) is 70.4 Å². The number of hydrogen-bond donors (Lipinski definition) is 0. The van der Waals surface area contributed by atoms with Crippen molar-refractivity contribution in [3.8, 4) is 34.0 Å². The summed E-state index contributed by atoms with van der Waals surface area (Å²) < 4.78 is 4.62. The summed E-state index contributed by atoms with van der Waals surface area (Å²) in [6, 6.07) is 60.6. The first-order valence-electron chi connectivity index (χ1n) is 17.0. The molecular weight excluding hydrogens is 609 g/mol. The van der Waals surface area contributed by atoms with E-state index in [1.165, 1.54) is 60.2 Å². The highest BCUT2D eigenvalue weighted by molar-refractivity contribution is 6.26. The molecule has 0 unspecified atom stereocenters. The number of aromatic nitrogens is 4. The lowest BCUT2D eigenvalue weighted by Gasteiger charge is -2.12. The van der Waals surface area contributed by atoms with Gasteiger partial charge in [0.1, 0.15) is 0 Å². The minimum absolute atomic E-state index is 0.669. The summed E-state index contributed by atoms with van der Waals surface area (Å²) in [5, 5.41) is 8.53. The van der Waals surface area contributed by atoms with Crippen LogP contribution >= 0.6 is 0 Å². The van der Waals surface area contributed by atoms with Crippen molar-refractivity contribution in [1.29, 1.82) is 0 Å². The number of rotatable bonds is 4. The van der Waals surface area contributed by atoms with E-state index in [0.717, 1.165) is 33.2 Å². The van der Waals surface area contributed by atoms with Gasteiger partial charge in [0.2, 0.25) is 5.95 Å². The molecule has 50 heavy (non-hydrogen) atoms. The molecule has 4 nitrogen and oxygen atoms in total. The molecule has 0 radical (unpaired) electrons. The number of hydrogen-bond acceptors (Lipinski definition) is 2. The third-order valence-corrected chi connectivity index (χ3v) is 10.3. The van der Waals surface area contributed by atoms with Gasteiger partial charge in [-0.2, -0.15) is 0 Å². The molecule has 0 amide bonds. The molecule has 0 N–H and O–H groups in total. The van der Waals surface area contributed by atoms with E-state index in [4.69, 9.17) is 9.97 Å². The van der Waals surface area contributed by atoms with Crippen LogP contribution in [0, 0.1) is 0 Å². The summed E-state index contributed by atoms with van der Waals surface area (Å²) in [5.74, 6) is 0.669. The molecule has 4 heteroatoms. The maximum atomic E-state index is 5.26. The number of benzene rings is 8. The molecule has 0 atom stereocenters. The van der Waals surface area contributed by atoms with Crippen LogP contribution in [0.15, 0.2) is 170 Å². The fraction of sp³-hybridized carbons (Fsp3) is 0. The first kappa shape index (κ1) is 27.2. The molecular formula is C46H28N4. The Morgan fingerprint density at radius 3 is 1.96 bits per heavy atom. The monoisotopic (exact) mass is 636 g/mol. The van der Waals surface area contributed by atoms with E-state index in [-0.39, 0.29) is 0 Å². The van der Waals surface area contributed by atoms with Gasteiger partial charge in [-0.1, -0.05) is 121 Å². The van der Waals surface area contributed by atoms with Gasteiger partial charge in [-0.15, -0.1) is 0 Å². The predicted molar refractivity (Wildman–Crippen MR) is 208 cm³/mol. The van der Waals surface area contributed by atoms with Gasteiger partial charge < -0.3 is 4.57 Å². The fourth-order valence-electron chi connectivity index (χ4n) is 8.13. The average Bonchev–Trinajstić information content (AvgIpc) is 3.71. The highest BCUT2D eigenvalue weighted by Gasteiger charge is 2.21. The molecule has 3 aromatic heterocycles. The normalized spacial score (nSPS) is 12.0. The first-order valence-corrected chi connectivity index (χ1v) is 17.0. The lowest BCUT2D eigenvalue weighted by molar-refractivity contribution is 1.01. The third kappa shape index (κ3) is 3.81. The van der Waals surface area contributed by atoms with Gasteiger partial charge in [0.15, 0.2) is 0 Å². The smallest absolute Gasteiger partial charge is 0.235 e. The van der Waals surface area contributed by atoms with Crippen LogP contribution in [0.4, 0.5) is 0 Å². The topological polar surface area (TPSA) is 35.6 Å². The van der Waals surface area contributed by atoms with Gasteiger partial charge in [-0.25, -0.2) is 9.97 Å². The van der Waals surface area contributed by atoms with Crippen molar-refractivity contribution in [2.45, 2.75) is 0 Å². The van der Waals surface area contributed by atoms with E-state index >= 15 is 0 Å². The van der Waals surface area contributed by atoms with E-state index in [1.54, 1.807) is 0 Å². The van der Waals surface area contributed by atoms with Crippen LogP contribution in [0.1, 0.15) is 0 Å². The van der Waals surface area contributed by atoms with Crippen LogP contribution in [0.5, 0.6) is 0 Å². The minimum Gasteiger partial charge on any atom is -0.309 e. The van der Waals surface area contributed by atoms with Crippen LogP contribution in [0.2, 0.25) is 0 Å². The standard InChI is InChI=1S/C46H28N4/c1-3-12-30(13-4-1)45-36-18-7-9-19-38(36)47-46(48-45)50-39-20-10-8-17-34(39)37-28-31(23-26-40(37)50)33-25-27-42-44-35(33)24-22-29-14-11-21-41(43(29)44)49(42)32-15-5-2-6-16-32/h1-28H. The quantitative estimate of drug-likeness (QED) is 0.180. The van der Waals surface area contributed by atoms with E-state index in [2.05, 4.69) is 167 Å². The zero-order valence-electron chi connectivity index (χ0n) is 27.0. The molecule has 0 saturated heterocycles. The second kappa shape index (κ2) is 10.4. The zero-order chi connectivity index (χ0) is 32.8. The lowest BCUT2D eigenvalue weighted by Crippen LogP contribution is -2.03. The van der Waals surface area contributed by atoms with Crippen molar-refractivity contribution in [2.24, 2.45) is 0 Å². The van der Waals surface area contributed by atoms with E-state index in [9.17, 15) is 0 Å². The summed E-state index contributed by atoms with van der Waals surface area (Å²) in [7, 11) is 0. The molecule has 232 valence electrons. The Bertz CT molecular complexity index is 3080. The van der Waals surface area contributed by atoms with Crippen molar-refractivity contribution in [1.82, 2.24) is 19.1 Å². The largest absolute Gasteiger partial charge is 0.309 e. The molecule has 8 aromatic carbocycles. The van der Waals surface area contributed by atoms with Crippen molar-refractivity contribution in [3.63, 3.8) is 0 Å². The molecule has 11 rings (SSSR count). The SMILES string of the molecule is c1ccc(-c2nc(-n3c4ccccc4c4cc(-c5ccc6c7c5ccc5cccc(c57)n6-c5ccccc5)ccc43)nc3ccccc23)cc1. The maximum Gasteiger partial charge on any atom is 0.235 e. The summed E-state index contributed by atoms with van der Waals surface area (Å²) in [4.78, 5) is 10.4. The Morgan fingerprint density at radius 2 is 1.08 bits per heavy atom. The summed E-state index contributed by atoms with van der Waals surface area (Å²) in [5.41, 5.74) is 11.1. The van der Waals surface area contributed by atoms with Gasteiger partial charge in [0.05, 0.1) is 33.3 Å². The number of nitrogens with zero attached hydrogens (tertiary/aromatic N) is 4.